The van der Waals surface area contributed by atoms with Crippen LogP contribution in [0.15, 0.2) is 33.9 Å². The SMILES string of the molecule is NCCOCCNc1c(NCCCCCCOC(C[C@H](O)[C@H](C[C@H](O)[C@H](O)CNC(=O)Cc2ccc(Cl)cc2)NC(=O)CF)C(=O)O)c(=O)c1=O. The van der Waals surface area contributed by atoms with Crippen LogP contribution in [-0.4, -0.2) is 121 Å². The van der Waals surface area contributed by atoms with E-state index in [1.807, 2.05) is 0 Å². The minimum absolute atomic E-state index is 0.0162. The van der Waals surface area contributed by atoms with Crippen LogP contribution in [0.5, 0.6) is 0 Å². The molecule has 0 fully saturated rings. The lowest BCUT2D eigenvalue weighted by atomic mass is 9.96. The van der Waals surface area contributed by atoms with E-state index in [0.717, 1.165) is 0 Å². The lowest BCUT2D eigenvalue weighted by Gasteiger charge is -2.29. The van der Waals surface area contributed by atoms with Crippen LogP contribution in [0, 0.1) is 0 Å². The highest BCUT2D eigenvalue weighted by Gasteiger charge is 2.32. The largest absolute Gasteiger partial charge is 0.479 e. The molecule has 0 aliphatic rings. The van der Waals surface area contributed by atoms with Gasteiger partial charge in [0.2, 0.25) is 5.91 Å². The van der Waals surface area contributed by atoms with E-state index in [4.69, 9.17) is 26.8 Å². The third-order valence-corrected chi connectivity index (χ3v) is 8.05. The summed E-state index contributed by atoms with van der Waals surface area (Å²) in [7, 11) is 0. The molecular weight excluding hydrogens is 697 g/mol. The first-order chi connectivity index (χ1) is 24.4. The molecule has 0 aliphatic heterocycles. The van der Waals surface area contributed by atoms with Crippen LogP contribution in [0.1, 0.15) is 44.1 Å². The zero-order valence-corrected chi connectivity index (χ0v) is 29.0. The number of benzene rings is 1. The highest BCUT2D eigenvalue weighted by molar-refractivity contribution is 6.30. The van der Waals surface area contributed by atoms with Gasteiger partial charge in [0.05, 0.1) is 44.0 Å². The lowest BCUT2D eigenvalue weighted by molar-refractivity contribution is -0.153. The maximum absolute atomic E-state index is 13.0. The molecule has 10 N–H and O–H groups in total. The quantitative estimate of drug-likeness (QED) is 0.0391. The van der Waals surface area contributed by atoms with E-state index in [9.17, 15) is 48.8 Å². The Morgan fingerprint density at radius 3 is 2.10 bits per heavy atom. The summed E-state index contributed by atoms with van der Waals surface area (Å²) in [6, 6.07) is 5.19. The fraction of sp³-hybridized carbons (Fsp3) is 0.606. The fourth-order valence-corrected chi connectivity index (χ4v) is 5.11. The summed E-state index contributed by atoms with van der Waals surface area (Å²) in [4.78, 5) is 59.6. The molecule has 286 valence electrons. The monoisotopic (exact) mass is 745 g/mol. The van der Waals surface area contributed by atoms with Crippen LogP contribution in [-0.2, 0) is 30.3 Å². The fourth-order valence-electron chi connectivity index (χ4n) is 4.99. The Labute approximate surface area is 299 Å². The molecular formula is C33H49ClFN5O11. The van der Waals surface area contributed by atoms with Gasteiger partial charge in [0.1, 0.15) is 11.4 Å². The van der Waals surface area contributed by atoms with E-state index < -0.39 is 78.6 Å². The van der Waals surface area contributed by atoms with Gasteiger partial charge >= 0.3 is 5.97 Å². The highest BCUT2D eigenvalue weighted by atomic mass is 35.5. The van der Waals surface area contributed by atoms with Crippen molar-refractivity contribution in [3.63, 3.8) is 0 Å². The van der Waals surface area contributed by atoms with E-state index in [-0.39, 0.29) is 30.9 Å². The van der Waals surface area contributed by atoms with E-state index in [2.05, 4.69) is 21.3 Å². The number of nitrogens with two attached hydrogens (primary N) is 1. The Bertz CT molecular complexity index is 1430. The Kier molecular flexibility index (Phi) is 20.2. The molecule has 16 nitrogen and oxygen atoms in total. The second-order valence-corrected chi connectivity index (χ2v) is 12.3. The zero-order valence-electron chi connectivity index (χ0n) is 28.3. The van der Waals surface area contributed by atoms with Gasteiger partial charge < -0.3 is 56.9 Å². The van der Waals surface area contributed by atoms with Gasteiger partial charge in [-0.15, -0.1) is 0 Å². The van der Waals surface area contributed by atoms with Crippen LogP contribution >= 0.6 is 11.6 Å². The van der Waals surface area contributed by atoms with Crippen LogP contribution < -0.4 is 37.9 Å². The summed E-state index contributed by atoms with van der Waals surface area (Å²) in [6.45, 7) is 0.0851. The average molecular weight is 746 g/mol. The van der Waals surface area contributed by atoms with E-state index >= 15 is 0 Å². The van der Waals surface area contributed by atoms with Crippen molar-refractivity contribution in [1.82, 2.24) is 10.6 Å². The van der Waals surface area contributed by atoms with Crippen molar-refractivity contribution >= 4 is 40.8 Å². The topological polar surface area (TPSA) is 259 Å². The lowest BCUT2D eigenvalue weighted by Crippen LogP contribution is -2.50. The summed E-state index contributed by atoms with van der Waals surface area (Å²) in [6.07, 6.45) is -4.81. The molecule has 2 aromatic carbocycles. The molecule has 51 heavy (non-hydrogen) atoms. The molecule has 0 radical (unpaired) electrons. The summed E-state index contributed by atoms with van der Waals surface area (Å²) in [5.74, 6) is -2.96. The molecule has 2 rings (SSSR count). The molecule has 0 aliphatic carbocycles. The van der Waals surface area contributed by atoms with Crippen molar-refractivity contribution in [2.75, 3.05) is 63.3 Å². The first kappa shape index (κ1) is 43.5. The average Bonchev–Trinajstić information content (AvgIpc) is 3.11. The molecule has 0 saturated carbocycles. The van der Waals surface area contributed by atoms with Gasteiger partial charge in [-0.1, -0.05) is 36.6 Å². The first-order valence-electron chi connectivity index (χ1n) is 16.7. The number of ether oxygens (including phenoxy) is 2. The number of aliphatic carboxylic acids is 1. The summed E-state index contributed by atoms with van der Waals surface area (Å²) in [5.41, 5.74) is 5.27. The zero-order chi connectivity index (χ0) is 37.8. The third kappa shape index (κ3) is 16.0. The van der Waals surface area contributed by atoms with Crippen molar-refractivity contribution in [2.24, 2.45) is 5.73 Å². The minimum Gasteiger partial charge on any atom is -0.479 e. The Morgan fingerprint density at radius 2 is 1.47 bits per heavy atom. The molecule has 0 saturated heterocycles. The number of rotatable bonds is 28. The summed E-state index contributed by atoms with van der Waals surface area (Å²) < 4.78 is 23.7. The standard InChI is InChI=1S/C33H49ClFN5O11/c34-21-7-5-20(6-8-21)15-27(44)39-19-25(43)24(42)16-22(40-28(45)18-35)23(41)17-26(33(48)49)51-12-4-2-1-3-10-37-29-30(32(47)31(29)46)38-11-14-50-13-9-36/h5-8,22-26,37-38,41-43H,1-4,9-19,36H2,(H,39,44)(H,40,45)(H,48,49)/t22-,23-,24-,25+,26?/m0/s1. The Hall–Kier alpha value is -3.71. The number of alkyl halides is 1. The number of amides is 2. The highest BCUT2D eigenvalue weighted by Crippen LogP contribution is 2.16. The first-order valence-corrected chi connectivity index (χ1v) is 17.1. The Balaban J connectivity index is 1.75. The van der Waals surface area contributed by atoms with E-state index in [1.54, 1.807) is 24.3 Å². The van der Waals surface area contributed by atoms with Gasteiger partial charge in [-0.25, -0.2) is 9.18 Å². The van der Waals surface area contributed by atoms with Crippen LogP contribution in [0.2, 0.25) is 5.02 Å². The number of carbonyl (C=O) groups excluding carboxylic acids is 2. The number of hydrogen-bond acceptors (Lipinski definition) is 13. The van der Waals surface area contributed by atoms with Crippen LogP contribution in [0.4, 0.5) is 15.8 Å². The molecule has 2 amide bonds. The predicted octanol–water partition coefficient (Wildman–Crippen LogP) is -0.559. The van der Waals surface area contributed by atoms with Crippen molar-refractivity contribution in [3.05, 3.63) is 55.3 Å². The van der Waals surface area contributed by atoms with Gasteiger partial charge in [-0.2, -0.15) is 0 Å². The number of carbonyl (C=O) groups is 3. The molecule has 0 spiro atoms. The second kappa shape index (κ2) is 23.7. The van der Waals surface area contributed by atoms with Crippen LogP contribution in [0.25, 0.3) is 0 Å². The van der Waals surface area contributed by atoms with Crippen LogP contribution in [0.3, 0.4) is 0 Å². The summed E-state index contributed by atoms with van der Waals surface area (Å²) >= 11 is 5.84. The number of hydrogen-bond donors (Lipinski definition) is 9. The summed E-state index contributed by atoms with van der Waals surface area (Å²) in [5, 5.41) is 52.4. The minimum atomic E-state index is -1.61. The molecule has 2 aromatic rings. The van der Waals surface area contributed by atoms with Crippen molar-refractivity contribution in [3.8, 4) is 0 Å². The van der Waals surface area contributed by atoms with Gasteiger partial charge in [0.25, 0.3) is 16.8 Å². The molecule has 0 aromatic heterocycles. The Morgan fingerprint density at radius 1 is 0.824 bits per heavy atom. The second-order valence-electron chi connectivity index (χ2n) is 11.9. The molecule has 18 heteroatoms. The maximum atomic E-state index is 13.0. The van der Waals surface area contributed by atoms with Gasteiger partial charge in [-0.05, 0) is 37.0 Å². The molecule has 1 unspecified atom stereocenters. The van der Waals surface area contributed by atoms with Gasteiger partial charge in [0.15, 0.2) is 12.8 Å². The van der Waals surface area contributed by atoms with Crippen molar-refractivity contribution in [1.29, 1.82) is 0 Å². The molecule has 0 heterocycles. The van der Waals surface area contributed by atoms with Gasteiger partial charge in [0, 0.05) is 44.2 Å². The smallest absolute Gasteiger partial charge is 0.332 e. The number of unbranched alkanes of at least 4 members (excludes halogenated alkanes) is 3. The number of halogens is 2. The number of aliphatic hydroxyl groups excluding tert-OH is 3. The van der Waals surface area contributed by atoms with E-state index in [0.29, 0.717) is 69.1 Å². The molecule has 0 bridgehead atoms. The number of carboxylic acids is 1. The number of anilines is 2. The number of aliphatic hydroxyl groups is 3. The maximum Gasteiger partial charge on any atom is 0.332 e. The molecule has 5 atom stereocenters. The van der Waals surface area contributed by atoms with Gasteiger partial charge in [-0.3, -0.25) is 19.2 Å². The van der Waals surface area contributed by atoms with Crippen molar-refractivity contribution < 1.29 is 48.7 Å². The number of carboxylic acid groups (broad SMARTS) is 1. The third-order valence-electron chi connectivity index (χ3n) is 7.80. The van der Waals surface area contributed by atoms with Crippen molar-refractivity contribution in [2.45, 2.75) is 75.4 Å². The number of nitrogens with one attached hydrogen (secondary N) is 4. The normalized spacial score (nSPS) is 14.3. The van der Waals surface area contributed by atoms with E-state index in [1.165, 1.54) is 0 Å². The predicted molar refractivity (Wildman–Crippen MR) is 187 cm³/mol.